The van der Waals surface area contributed by atoms with Gasteiger partial charge in [-0.15, -0.1) is 5.92 Å². The summed E-state index contributed by atoms with van der Waals surface area (Å²) < 4.78 is 0. The molecule has 1 aliphatic rings. The molecule has 0 unspecified atom stereocenters. The Balaban J connectivity index is 2.48. The van der Waals surface area contributed by atoms with Crippen molar-refractivity contribution in [3.8, 4) is 11.8 Å². The number of carbonyl (C=O) groups excluding carboxylic acids is 3. The molecule has 0 fully saturated rings. The van der Waals surface area contributed by atoms with E-state index >= 15 is 0 Å². The lowest BCUT2D eigenvalue weighted by molar-refractivity contribution is -0.139. The molecule has 6 nitrogen and oxygen atoms in total. The van der Waals surface area contributed by atoms with E-state index in [0.29, 0.717) is 25.4 Å². The van der Waals surface area contributed by atoms with Crippen LogP contribution in [0.15, 0.2) is 0 Å². The molecule has 0 radical (unpaired) electrons. The van der Waals surface area contributed by atoms with E-state index in [1.54, 1.807) is 14.1 Å². The van der Waals surface area contributed by atoms with Crippen LogP contribution in [-0.4, -0.2) is 66.3 Å². The van der Waals surface area contributed by atoms with Crippen LogP contribution >= 0.6 is 0 Å². The van der Waals surface area contributed by atoms with Crippen molar-refractivity contribution in [3.63, 3.8) is 0 Å². The van der Waals surface area contributed by atoms with E-state index in [9.17, 15) is 14.4 Å². The molecule has 3 amide bonds. The van der Waals surface area contributed by atoms with Crippen LogP contribution in [0.1, 0.15) is 40.0 Å². The monoisotopic (exact) mass is 335 g/mol. The standard InChI is InChI=1S/C18H29N3O3/c1-14-8-6-7-11-21(12-15(14)2)18(24)10-9-17(23)20(5)13-19(4)16(3)22/h14-15H,7,9-13H2,1-5H3/t14-,15-/m0/s1. The van der Waals surface area contributed by atoms with Crippen molar-refractivity contribution in [3.05, 3.63) is 0 Å². The van der Waals surface area contributed by atoms with Gasteiger partial charge in [0, 0.05) is 59.3 Å². The molecule has 0 aromatic rings. The molecule has 0 N–H and O–H groups in total. The largest absolute Gasteiger partial charge is 0.341 e. The van der Waals surface area contributed by atoms with Gasteiger partial charge < -0.3 is 14.7 Å². The highest BCUT2D eigenvalue weighted by Crippen LogP contribution is 2.15. The average molecular weight is 335 g/mol. The second-order valence-corrected chi connectivity index (χ2v) is 6.63. The summed E-state index contributed by atoms with van der Waals surface area (Å²) in [5, 5.41) is 0. The van der Waals surface area contributed by atoms with Crippen LogP contribution in [-0.2, 0) is 14.4 Å². The predicted octanol–water partition coefficient (Wildman–Crippen LogP) is 1.17. The molecule has 0 aromatic heterocycles. The van der Waals surface area contributed by atoms with Gasteiger partial charge in [0.25, 0.3) is 0 Å². The molecular weight excluding hydrogens is 306 g/mol. The second-order valence-electron chi connectivity index (χ2n) is 6.63. The van der Waals surface area contributed by atoms with Gasteiger partial charge >= 0.3 is 0 Å². The quantitative estimate of drug-likeness (QED) is 0.560. The SMILES string of the molecule is CC(=O)N(C)CN(C)C(=O)CCC(=O)N1CCC#C[C@H](C)[C@@H](C)C1. The van der Waals surface area contributed by atoms with E-state index in [0.717, 1.165) is 0 Å². The third kappa shape index (κ3) is 6.23. The highest BCUT2D eigenvalue weighted by molar-refractivity contribution is 5.84. The molecule has 1 aliphatic heterocycles. The fourth-order valence-corrected chi connectivity index (χ4v) is 2.45. The van der Waals surface area contributed by atoms with Crippen molar-refractivity contribution in [2.24, 2.45) is 11.8 Å². The first-order chi connectivity index (χ1) is 11.2. The Morgan fingerprint density at radius 3 is 2.42 bits per heavy atom. The fraction of sp³-hybridized carbons (Fsp3) is 0.722. The molecule has 0 saturated carbocycles. The number of hydrogen-bond donors (Lipinski definition) is 0. The van der Waals surface area contributed by atoms with Gasteiger partial charge in [0.2, 0.25) is 17.7 Å². The van der Waals surface area contributed by atoms with E-state index in [-0.39, 0.29) is 43.1 Å². The summed E-state index contributed by atoms with van der Waals surface area (Å²) in [7, 11) is 3.28. The Hall–Kier alpha value is -2.03. The first kappa shape index (κ1) is 20.0. The van der Waals surface area contributed by atoms with Gasteiger partial charge in [0.15, 0.2) is 0 Å². The zero-order chi connectivity index (χ0) is 18.3. The maximum Gasteiger partial charge on any atom is 0.224 e. The Labute approximate surface area is 145 Å². The number of hydrogen-bond acceptors (Lipinski definition) is 3. The minimum Gasteiger partial charge on any atom is -0.341 e. The van der Waals surface area contributed by atoms with Gasteiger partial charge in [-0.05, 0) is 5.92 Å². The molecule has 1 heterocycles. The van der Waals surface area contributed by atoms with Crippen LogP contribution in [0, 0.1) is 23.7 Å². The van der Waals surface area contributed by atoms with E-state index in [1.807, 2.05) is 4.90 Å². The summed E-state index contributed by atoms with van der Waals surface area (Å²) in [6, 6.07) is 0. The van der Waals surface area contributed by atoms with Crippen molar-refractivity contribution < 1.29 is 14.4 Å². The van der Waals surface area contributed by atoms with Crippen LogP contribution < -0.4 is 0 Å². The summed E-state index contributed by atoms with van der Waals surface area (Å²) >= 11 is 0. The van der Waals surface area contributed by atoms with Crippen LogP contribution in [0.25, 0.3) is 0 Å². The third-order valence-electron chi connectivity index (χ3n) is 4.49. The normalized spacial score (nSPS) is 20.3. The van der Waals surface area contributed by atoms with Gasteiger partial charge in [-0.2, -0.15) is 0 Å². The van der Waals surface area contributed by atoms with Crippen molar-refractivity contribution in [2.45, 2.75) is 40.0 Å². The molecule has 2 atom stereocenters. The zero-order valence-corrected chi connectivity index (χ0v) is 15.5. The predicted molar refractivity (Wildman–Crippen MR) is 92.6 cm³/mol. The molecular formula is C18H29N3O3. The lowest BCUT2D eigenvalue weighted by Gasteiger charge is -2.28. The van der Waals surface area contributed by atoms with E-state index in [2.05, 4.69) is 25.7 Å². The second kappa shape index (κ2) is 9.31. The third-order valence-corrected chi connectivity index (χ3v) is 4.49. The topological polar surface area (TPSA) is 60.9 Å². The van der Waals surface area contributed by atoms with Crippen LogP contribution in [0.5, 0.6) is 0 Å². The molecule has 0 saturated heterocycles. The summed E-state index contributed by atoms with van der Waals surface area (Å²) in [5.74, 6) is 6.68. The smallest absolute Gasteiger partial charge is 0.224 e. The minimum absolute atomic E-state index is 0.000535. The Bertz CT molecular complexity index is 535. The molecule has 1 rings (SSSR count). The van der Waals surface area contributed by atoms with E-state index in [1.165, 1.54) is 16.7 Å². The van der Waals surface area contributed by atoms with E-state index in [4.69, 9.17) is 0 Å². The number of rotatable bonds is 5. The van der Waals surface area contributed by atoms with E-state index < -0.39 is 0 Å². The summed E-state index contributed by atoms with van der Waals surface area (Å²) in [6.07, 6.45) is 1.04. The van der Waals surface area contributed by atoms with Crippen LogP contribution in [0.2, 0.25) is 0 Å². The zero-order valence-electron chi connectivity index (χ0n) is 15.5. The lowest BCUT2D eigenvalue weighted by Crippen LogP contribution is -2.40. The number of carbonyl (C=O) groups is 3. The fourth-order valence-electron chi connectivity index (χ4n) is 2.45. The molecule has 0 aromatic carbocycles. The Kier molecular flexibility index (Phi) is 7.76. The van der Waals surface area contributed by atoms with Gasteiger partial charge in [-0.1, -0.05) is 19.8 Å². The summed E-state index contributed by atoms with van der Waals surface area (Å²) in [6.45, 7) is 7.17. The molecule has 24 heavy (non-hydrogen) atoms. The molecule has 0 spiro atoms. The average Bonchev–Trinajstić information content (AvgIpc) is 2.52. The Morgan fingerprint density at radius 2 is 1.79 bits per heavy atom. The highest BCUT2D eigenvalue weighted by atomic mass is 16.2. The maximum absolute atomic E-state index is 12.4. The lowest BCUT2D eigenvalue weighted by atomic mass is 9.94. The number of amides is 3. The Morgan fingerprint density at radius 1 is 1.12 bits per heavy atom. The summed E-state index contributed by atoms with van der Waals surface area (Å²) in [4.78, 5) is 40.5. The first-order valence-corrected chi connectivity index (χ1v) is 8.44. The number of nitrogens with zero attached hydrogens (tertiary/aromatic N) is 3. The van der Waals surface area contributed by atoms with Crippen molar-refractivity contribution in [2.75, 3.05) is 33.9 Å². The molecule has 6 heteroatoms. The highest BCUT2D eigenvalue weighted by Gasteiger charge is 2.22. The molecule has 0 aliphatic carbocycles. The minimum atomic E-state index is -0.135. The van der Waals surface area contributed by atoms with Gasteiger partial charge in [0.05, 0.1) is 6.67 Å². The van der Waals surface area contributed by atoms with Crippen molar-refractivity contribution in [1.82, 2.24) is 14.7 Å². The van der Waals surface area contributed by atoms with Gasteiger partial charge in [-0.3, -0.25) is 14.4 Å². The van der Waals surface area contributed by atoms with Gasteiger partial charge in [0.1, 0.15) is 0 Å². The first-order valence-electron chi connectivity index (χ1n) is 8.44. The van der Waals surface area contributed by atoms with Crippen molar-refractivity contribution >= 4 is 17.7 Å². The van der Waals surface area contributed by atoms with Gasteiger partial charge in [-0.25, -0.2) is 0 Å². The molecule has 134 valence electrons. The summed E-state index contributed by atoms with van der Waals surface area (Å²) in [5.41, 5.74) is 0. The maximum atomic E-state index is 12.4. The van der Waals surface area contributed by atoms with Crippen LogP contribution in [0.3, 0.4) is 0 Å². The van der Waals surface area contributed by atoms with Crippen molar-refractivity contribution in [1.29, 1.82) is 0 Å². The van der Waals surface area contributed by atoms with Crippen LogP contribution in [0.4, 0.5) is 0 Å². The molecule has 0 bridgehead atoms.